The van der Waals surface area contributed by atoms with Gasteiger partial charge in [-0.05, 0) is 30.2 Å². The van der Waals surface area contributed by atoms with Crippen LogP contribution in [0.3, 0.4) is 0 Å². The zero-order valence-electron chi connectivity index (χ0n) is 8.07. The summed E-state index contributed by atoms with van der Waals surface area (Å²) in [6.07, 6.45) is 1.73. The average Bonchev–Trinajstić information content (AvgIpc) is 2.19. The van der Waals surface area contributed by atoms with Gasteiger partial charge in [-0.2, -0.15) is 0 Å². The first-order chi connectivity index (χ1) is 6.75. The second kappa shape index (κ2) is 3.50. The Labute approximate surface area is 83.4 Å². The number of anilines is 1. The number of rotatable bonds is 1. The Hall–Kier alpha value is -1.83. The third-order valence-corrected chi connectivity index (χ3v) is 2.17. The largest absolute Gasteiger partial charge is 0.384 e. The van der Waals surface area contributed by atoms with Gasteiger partial charge in [-0.15, -0.1) is 0 Å². The Morgan fingerprint density at radius 1 is 1.00 bits per heavy atom. The molecular weight excluding hydrogens is 172 g/mol. The highest BCUT2D eigenvalue weighted by Crippen LogP contribution is 2.20. The first-order valence-electron chi connectivity index (χ1n) is 4.54. The number of pyridine rings is 1. The summed E-state index contributed by atoms with van der Waals surface area (Å²) in [5.41, 5.74) is 9.15. The van der Waals surface area contributed by atoms with Crippen LogP contribution in [0.2, 0.25) is 0 Å². The van der Waals surface area contributed by atoms with Gasteiger partial charge in [0.05, 0.1) is 0 Å². The molecule has 2 aromatic rings. The van der Waals surface area contributed by atoms with Gasteiger partial charge >= 0.3 is 0 Å². The SMILES string of the molecule is Cc1ccc(-c2ccnc(N)c2)cc1. The van der Waals surface area contributed by atoms with Crippen LogP contribution in [0.1, 0.15) is 5.56 Å². The molecular formula is C12H12N2. The summed E-state index contributed by atoms with van der Waals surface area (Å²) in [6.45, 7) is 2.07. The lowest BCUT2D eigenvalue weighted by Crippen LogP contribution is -1.89. The number of aromatic nitrogens is 1. The molecule has 0 amide bonds. The van der Waals surface area contributed by atoms with Crippen molar-refractivity contribution in [2.75, 3.05) is 5.73 Å². The molecule has 0 saturated heterocycles. The van der Waals surface area contributed by atoms with E-state index in [-0.39, 0.29) is 0 Å². The first-order valence-corrected chi connectivity index (χ1v) is 4.54. The number of nitrogen functional groups attached to an aromatic ring is 1. The van der Waals surface area contributed by atoms with E-state index < -0.39 is 0 Å². The summed E-state index contributed by atoms with van der Waals surface area (Å²) in [6, 6.07) is 12.2. The monoisotopic (exact) mass is 184 g/mol. The second-order valence-electron chi connectivity index (χ2n) is 3.34. The molecule has 1 heterocycles. The van der Waals surface area contributed by atoms with E-state index in [1.54, 1.807) is 6.20 Å². The van der Waals surface area contributed by atoms with Crippen LogP contribution in [-0.4, -0.2) is 4.98 Å². The number of hydrogen-bond acceptors (Lipinski definition) is 2. The third-order valence-electron chi connectivity index (χ3n) is 2.17. The zero-order chi connectivity index (χ0) is 9.97. The maximum atomic E-state index is 5.61. The fourth-order valence-electron chi connectivity index (χ4n) is 1.37. The lowest BCUT2D eigenvalue weighted by Gasteiger charge is -2.02. The van der Waals surface area contributed by atoms with Crippen LogP contribution in [0.25, 0.3) is 11.1 Å². The average molecular weight is 184 g/mol. The molecule has 0 saturated carbocycles. The summed E-state index contributed by atoms with van der Waals surface area (Å²) in [5, 5.41) is 0. The fourth-order valence-corrected chi connectivity index (χ4v) is 1.37. The highest BCUT2D eigenvalue weighted by Gasteiger charge is 1.97. The summed E-state index contributed by atoms with van der Waals surface area (Å²) in [5.74, 6) is 0.558. The van der Waals surface area contributed by atoms with Gasteiger partial charge in [-0.25, -0.2) is 4.98 Å². The van der Waals surface area contributed by atoms with E-state index in [2.05, 4.69) is 36.2 Å². The van der Waals surface area contributed by atoms with E-state index in [4.69, 9.17) is 5.73 Å². The number of hydrogen-bond donors (Lipinski definition) is 1. The molecule has 2 N–H and O–H groups in total. The topological polar surface area (TPSA) is 38.9 Å². The molecule has 1 aromatic carbocycles. The molecule has 0 unspecified atom stereocenters. The highest BCUT2D eigenvalue weighted by molar-refractivity contribution is 5.65. The van der Waals surface area contributed by atoms with Gasteiger partial charge in [0.15, 0.2) is 0 Å². The Kier molecular flexibility index (Phi) is 2.19. The zero-order valence-corrected chi connectivity index (χ0v) is 8.07. The van der Waals surface area contributed by atoms with E-state index in [1.165, 1.54) is 11.1 Å². The van der Waals surface area contributed by atoms with Crippen LogP contribution >= 0.6 is 0 Å². The molecule has 0 bridgehead atoms. The van der Waals surface area contributed by atoms with Crippen molar-refractivity contribution in [3.8, 4) is 11.1 Å². The van der Waals surface area contributed by atoms with Crippen molar-refractivity contribution < 1.29 is 0 Å². The van der Waals surface area contributed by atoms with E-state index in [9.17, 15) is 0 Å². The Morgan fingerprint density at radius 2 is 1.71 bits per heavy atom. The Bertz CT molecular complexity index is 432. The summed E-state index contributed by atoms with van der Waals surface area (Å²) >= 11 is 0. The molecule has 2 rings (SSSR count). The van der Waals surface area contributed by atoms with Crippen molar-refractivity contribution in [2.45, 2.75) is 6.92 Å². The van der Waals surface area contributed by atoms with Gasteiger partial charge in [-0.1, -0.05) is 29.8 Å². The summed E-state index contributed by atoms with van der Waals surface area (Å²) in [4.78, 5) is 3.96. The summed E-state index contributed by atoms with van der Waals surface area (Å²) < 4.78 is 0. The standard InChI is InChI=1S/C12H12N2/c1-9-2-4-10(5-3-9)11-6-7-14-12(13)8-11/h2-8H,1H3,(H2,13,14). The van der Waals surface area contributed by atoms with E-state index >= 15 is 0 Å². The van der Waals surface area contributed by atoms with Crippen molar-refractivity contribution in [1.29, 1.82) is 0 Å². The normalized spacial score (nSPS) is 10.1. The molecule has 0 aliphatic heterocycles. The predicted octanol–water partition coefficient (Wildman–Crippen LogP) is 2.64. The van der Waals surface area contributed by atoms with E-state index in [0.29, 0.717) is 5.82 Å². The van der Waals surface area contributed by atoms with E-state index in [0.717, 1.165) is 5.56 Å². The molecule has 0 atom stereocenters. The van der Waals surface area contributed by atoms with Crippen LogP contribution in [0.4, 0.5) is 5.82 Å². The van der Waals surface area contributed by atoms with Gasteiger partial charge in [0.1, 0.15) is 5.82 Å². The van der Waals surface area contributed by atoms with Gasteiger partial charge in [0, 0.05) is 6.20 Å². The summed E-state index contributed by atoms with van der Waals surface area (Å²) in [7, 11) is 0. The molecule has 14 heavy (non-hydrogen) atoms. The smallest absolute Gasteiger partial charge is 0.123 e. The van der Waals surface area contributed by atoms with Crippen LogP contribution in [0, 0.1) is 6.92 Å². The minimum Gasteiger partial charge on any atom is -0.384 e. The van der Waals surface area contributed by atoms with Gasteiger partial charge in [0.2, 0.25) is 0 Å². The van der Waals surface area contributed by atoms with Crippen molar-refractivity contribution in [3.05, 3.63) is 48.2 Å². The lowest BCUT2D eigenvalue weighted by molar-refractivity contribution is 1.34. The molecule has 0 fully saturated rings. The number of aryl methyl sites for hydroxylation is 1. The van der Waals surface area contributed by atoms with Crippen molar-refractivity contribution in [3.63, 3.8) is 0 Å². The Morgan fingerprint density at radius 3 is 2.36 bits per heavy atom. The number of nitrogens with zero attached hydrogens (tertiary/aromatic N) is 1. The Balaban J connectivity index is 2.44. The molecule has 0 aliphatic rings. The van der Waals surface area contributed by atoms with Crippen molar-refractivity contribution in [2.24, 2.45) is 0 Å². The minimum absolute atomic E-state index is 0.558. The van der Waals surface area contributed by atoms with E-state index in [1.807, 2.05) is 12.1 Å². The molecule has 0 radical (unpaired) electrons. The van der Waals surface area contributed by atoms with Crippen LogP contribution < -0.4 is 5.73 Å². The third kappa shape index (κ3) is 1.74. The first kappa shape index (κ1) is 8.75. The van der Waals surface area contributed by atoms with Gasteiger partial charge < -0.3 is 5.73 Å². The van der Waals surface area contributed by atoms with Gasteiger partial charge in [0.25, 0.3) is 0 Å². The molecule has 0 aliphatic carbocycles. The quantitative estimate of drug-likeness (QED) is 0.740. The van der Waals surface area contributed by atoms with Gasteiger partial charge in [-0.3, -0.25) is 0 Å². The second-order valence-corrected chi connectivity index (χ2v) is 3.34. The minimum atomic E-state index is 0.558. The lowest BCUT2D eigenvalue weighted by atomic mass is 10.1. The van der Waals surface area contributed by atoms with Crippen LogP contribution in [-0.2, 0) is 0 Å². The van der Waals surface area contributed by atoms with Crippen LogP contribution in [0.5, 0.6) is 0 Å². The van der Waals surface area contributed by atoms with Crippen molar-refractivity contribution in [1.82, 2.24) is 4.98 Å². The van der Waals surface area contributed by atoms with Crippen LogP contribution in [0.15, 0.2) is 42.6 Å². The fraction of sp³-hybridized carbons (Fsp3) is 0.0833. The number of nitrogens with two attached hydrogens (primary N) is 1. The van der Waals surface area contributed by atoms with Crippen molar-refractivity contribution >= 4 is 5.82 Å². The molecule has 1 aromatic heterocycles. The highest BCUT2D eigenvalue weighted by atomic mass is 14.8. The molecule has 70 valence electrons. The maximum absolute atomic E-state index is 5.61. The molecule has 2 nitrogen and oxygen atoms in total. The number of benzene rings is 1. The molecule has 2 heteroatoms. The maximum Gasteiger partial charge on any atom is 0.123 e. The molecule has 0 spiro atoms. The predicted molar refractivity (Wildman–Crippen MR) is 58.8 cm³/mol.